The normalized spacial score (nSPS) is 10.3. The zero-order chi connectivity index (χ0) is 10.7. The molecule has 0 amide bonds. The van der Waals surface area contributed by atoms with E-state index < -0.39 is 0 Å². The molecule has 0 spiro atoms. The van der Waals surface area contributed by atoms with E-state index in [0.717, 1.165) is 0 Å². The highest BCUT2D eigenvalue weighted by molar-refractivity contribution is 14.1. The molecule has 0 saturated heterocycles. The summed E-state index contributed by atoms with van der Waals surface area (Å²) < 4.78 is 5.54. The first-order valence-electron chi connectivity index (χ1n) is 4.01. The van der Waals surface area contributed by atoms with Crippen molar-refractivity contribution in [3.63, 3.8) is 0 Å². The second kappa shape index (κ2) is 4.74. The average molecular weight is 309 g/mol. The maximum absolute atomic E-state index is 11.5. The van der Waals surface area contributed by atoms with Gasteiger partial charge in [0.2, 0.25) is 5.95 Å². The number of rotatable bonds is 3. The van der Waals surface area contributed by atoms with Crippen molar-refractivity contribution in [1.29, 1.82) is 0 Å². The molecule has 1 rings (SSSR count). The Morgan fingerprint density at radius 1 is 1.57 bits per heavy atom. The number of hydrogen-bond acceptors (Lipinski definition) is 4. The Morgan fingerprint density at radius 2 is 2.21 bits per heavy atom. The first-order chi connectivity index (χ1) is 6.56. The van der Waals surface area contributed by atoms with Gasteiger partial charge in [0, 0.05) is 21.2 Å². The largest absolute Gasteiger partial charge is 0.378 e. The molecule has 1 N–H and O–H groups in total. The van der Waals surface area contributed by atoms with Gasteiger partial charge in [-0.2, -0.15) is 0 Å². The van der Waals surface area contributed by atoms with E-state index >= 15 is 0 Å². The lowest BCUT2D eigenvalue weighted by atomic mass is 10.4. The Kier molecular flexibility index (Phi) is 3.87. The third-order valence-electron chi connectivity index (χ3n) is 1.62. The van der Waals surface area contributed by atoms with Crippen molar-refractivity contribution < 1.29 is 4.74 Å². The van der Waals surface area contributed by atoms with Gasteiger partial charge in [0.05, 0.1) is 12.3 Å². The Bertz CT molecular complexity index is 375. The lowest BCUT2D eigenvalue weighted by Gasteiger charge is -2.12. The zero-order valence-electron chi connectivity index (χ0n) is 8.30. The van der Waals surface area contributed by atoms with E-state index in [1.54, 1.807) is 12.0 Å². The van der Waals surface area contributed by atoms with Crippen LogP contribution in [0, 0.1) is 3.57 Å². The number of methoxy groups -OCH3 is 1. The van der Waals surface area contributed by atoms with Crippen LogP contribution >= 0.6 is 22.6 Å². The number of anilines is 1. The van der Waals surface area contributed by atoms with E-state index in [4.69, 9.17) is 4.74 Å². The predicted molar refractivity (Wildman–Crippen MR) is 62.6 cm³/mol. The molecule has 14 heavy (non-hydrogen) atoms. The van der Waals surface area contributed by atoms with Crippen molar-refractivity contribution in [2.45, 2.75) is 6.61 Å². The van der Waals surface area contributed by atoms with E-state index in [1.165, 1.54) is 0 Å². The van der Waals surface area contributed by atoms with Crippen LogP contribution in [0.15, 0.2) is 4.79 Å². The highest BCUT2D eigenvalue weighted by atomic mass is 127. The summed E-state index contributed by atoms with van der Waals surface area (Å²) >= 11 is 1.96. The Hall–Kier alpha value is -0.630. The van der Waals surface area contributed by atoms with Crippen molar-refractivity contribution in [3.05, 3.63) is 19.6 Å². The van der Waals surface area contributed by atoms with Crippen LogP contribution < -0.4 is 10.5 Å². The van der Waals surface area contributed by atoms with Crippen molar-refractivity contribution in [2.24, 2.45) is 0 Å². The molecule has 0 fully saturated rings. The van der Waals surface area contributed by atoms with Crippen LogP contribution in [0.2, 0.25) is 0 Å². The summed E-state index contributed by atoms with van der Waals surface area (Å²) in [6, 6.07) is 0. The van der Waals surface area contributed by atoms with E-state index in [0.29, 0.717) is 21.8 Å². The summed E-state index contributed by atoms with van der Waals surface area (Å²) in [5, 5.41) is 0. The molecular formula is C8H12IN3O2. The van der Waals surface area contributed by atoms with Crippen molar-refractivity contribution in [3.8, 4) is 0 Å². The van der Waals surface area contributed by atoms with Gasteiger partial charge in [-0.05, 0) is 22.6 Å². The summed E-state index contributed by atoms with van der Waals surface area (Å²) in [4.78, 5) is 20.1. The second-order valence-corrected chi connectivity index (χ2v) is 4.06. The third-order valence-corrected chi connectivity index (χ3v) is 2.74. The number of ether oxygens (including phenoxy) is 1. The van der Waals surface area contributed by atoms with Crippen LogP contribution in [0.25, 0.3) is 0 Å². The Morgan fingerprint density at radius 3 is 2.71 bits per heavy atom. The van der Waals surface area contributed by atoms with Crippen LogP contribution in [0.1, 0.15) is 5.69 Å². The highest BCUT2D eigenvalue weighted by Crippen LogP contribution is 2.08. The van der Waals surface area contributed by atoms with Gasteiger partial charge in [0.15, 0.2) is 0 Å². The quantitative estimate of drug-likeness (QED) is 0.830. The lowest BCUT2D eigenvalue weighted by molar-refractivity contribution is 0.180. The minimum absolute atomic E-state index is 0.128. The Labute approximate surface area is 95.6 Å². The highest BCUT2D eigenvalue weighted by Gasteiger charge is 2.09. The van der Waals surface area contributed by atoms with Gasteiger partial charge < -0.3 is 9.64 Å². The molecule has 1 aromatic heterocycles. The molecule has 5 nitrogen and oxygen atoms in total. The summed E-state index contributed by atoms with van der Waals surface area (Å²) in [6.45, 7) is 0.350. The van der Waals surface area contributed by atoms with Gasteiger partial charge >= 0.3 is 0 Å². The molecule has 1 aromatic rings. The fourth-order valence-corrected chi connectivity index (χ4v) is 1.35. The third kappa shape index (κ3) is 2.44. The molecular weight excluding hydrogens is 297 g/mol. The van der Waals surface area contributed by atoms with Crippen LogP contribution in [-0.2, 0) is 11.3 Å². The van der Waals surface area contributed by atoms with E-state index in [9.17, 15) is 4.79 Å². The maximum atomic E-state index is 11.5. The first-order valence-corrected chi connectivity index (χ1v) is 5.09. The summed E-state index contributed by atoms with van der Waals surface area (Å²) in [7, 11) is 5.22. The van der Waals surface area contributed by atoms with Gasteiger partial charge in [0.1, 0.15) is 3.57 Å². The topological polar surface area (TPSA) is 58.2 Å². The molecule has 0 bridgehead atoms. The summed E-state index contributed by atoms with van der Waals surface area (Å²) in [5.41, 5.74) is 0.539. The van der Waals surface area contributed by atoms with Crippen LogP contribution in [-0.4, -0.2) is 31.2 Å². The lowest BCUT2D eigenvalue weighted by Crippen LogP contribution is -2.22. The fraction of sp³-hybridized carbons (Fsp3) is 0.500. The minimum atomic E-state index is -0.128. The number of hydrogen-bond donors (Lipinski definition) is 1. The first kappa shape index (κ1) is 11.4. The van der Waals surface area contributed by atoms with Crippen LogP contribution in [0.3, 0.4) is 0 Å². The van der Waals surface area contributed by atoms with Gasteiger partial charge in [-0.25, -0.2) is 4.98 Å². The Balaban J connectivity index is 3.21. The van der Waals surface area contributed by atoms with Gasteiger partial charge in [-0.1, -0.05) is 0 Å². The molecule has 0 aromatic carbocycles. The fourth-order valence-electron chi connectivity index (χ4n) is 0.936. The van der Waals surface area contributed by atoms with E-state index in [1.807, 2.05) is 36.7 Å². The van der Waals surface area contributed by atoms with Crippen LogP contribution in [0.5, 0.6) is 0 Å². The molecule has 6 heteroatoms. The molecule has 0 atom stereocenters. The van der Waals surface area contributed by atoms with E-state index in [-0.39, 0.29) is 5.56 Å². The molecule has 0 radical (unpaired) electrons. The van der Waals surface area contributed by atoms with Crippen molar-refractivity contribution in [1.82, 2.24) is 9.97 Å². The van der Waals surface area contributed by atoms with E-state index in [2.05, 4.69) is 9.97 Å². The number of nitrogens with zero attached hydrogens (tertiary/aromatic N) is 2. The van der Waals surface area contributed by atoms with Gasteiger partial charge in [-0.15, -0.1) is 0 Å². The summed E-state index contributed by atoms with van der Waals surface area (Å²) in [5.74, 6) is 0.544. The zero-order valence-corrected chi connectivity index (χ0v) is 10.5. The number of halogens is 1. The smallest absolute Gasteiger partial charge is 0.266 e. The molecule has 0 aliphatic heterocycles. The standard InChI is InChI=1S/C8H12IN3O2/c1-12(2)8-10-5(4-14-3)6(9)7(13)11-8/h4H2,1-3H3,(H,10,11,13). The number of H-pyrrole nitrogens is 1. The number of nitrogens with one attached hydrogen (secondary N) is 1. The van der Waals surface area contributed by atoms with Crippen LogP contribution in [0.4, 0.5) is 5.95 Å². The van der Waals surface area contributed by atoms with Gasteiger partial charge in [-0.3, -0.25) is 9.78 Å². The molecule has 0 aliphatic rings. The summed E-state index contributed by atoms with van der Waals surface area (Å²) in [6.07, 6.45) is 0. The van der Waals surface area contributed by atoms with Gasteiger partial charge in [0.25, 0.3) is 5.56 Å². The minimum Gasteiger partial charge on any atom is -0.378 e. The van der Waals surface area contributed by atoms with Crippen molar-refractivity contribution in [2.75, 3.05) is 26.1 Å². The molecule has 0 saturated carbocycles. The molecule has 78 valence electrons. The molecule has 0 aliphatic carbocycles. The predicted octanol–water partition coefficient (Wildman–Crippen LogP) is 0.587. The molecule has 1 heterocycles. The maximum Gasteiger partial charge on any atom is 0.266 e. The average Bonchev–Trinajstić information content (AvgIpc) is 2.12. The molecule has 0 unspecified atom stereocenters. The second-order valence-electron chi connectivity index (χ2n) is 2.98. The number of aromatic amines is 1. The van der Waals surface area contributed by atoms with Crippen molar-refractivity contribution >= 4 is 28.5 Å². The SMILES string of the molecule is COCc1nc(N(C)C)[nH]c(=O)c1I. The number of aromatic nitrogens is 2. The monoisotopic (exact) mass is 309 g/mol.